The van der Waals surface area contributed by atoms with Crippen LogP contribution in [-0.2, 0) is 14.8 Å². The van der Waals surface area contributed by atoms with Crippen molar-refractivity contribution in [3.8, 4) is 0 Å². The highest BCUT2D eigenvalue weighted by Crippen LogP contribution is 2.33. The first kappa shape index (κ1) is 26.8. The second-order valence-corrected chi connectivity index (χ2v) is 10.1. The molecule has 0 radical (unpaired) electrons. The maximum absolute atomic E-state index is 13.0. The standard InChI is InChI=1S/C23H21Cl2N5O5S/c24-15-7-14(8-16(25)10-15)20(12-21(31)32)13-3-1-5-18(9-13)30-36(34,35)19-6-2-4-17(11-19)28-22(26)29-23(27)33/h1-11,20,30H,12H2,(H,31,32)(H5,26,27,28,29,33). The lowest BCUT2D eigenvalue weighted by Gasteiger charge is -2.18. The number of rotatable bonds is 8. The Morgan fingerprint density at radius 1 is 0.917 bits per heavy atom. The molecular weight excluding hydrogens is 529 g/mol. The lowest BCUT2D eigenvalue weighted by Crippen LogP contribution is -2.25. The zero-order valence-electron chi connectivity index (χ0n) is 18.5. The Labute approximate surface area is 217 Å². The van der Waals surface area contributed by atoms with Gasteiger partial charge < -0.3 is 21.9 Å². The van der Waals surface area contributed by atoms with Gasteiger partial charge in [0.25, 0.3) is 10.0 Å². The normalized spacial score (nSPS) is 12.6. The lowest BCUT2D eigenvalue weighted by atomic mass is 9.88. The van der Waals surface area contributed by atoms with E-state index in [9.17, 15) is 23.1 Å². The molecule has 13 heteroatoms. The second-order valence-electron chi connectivity index (χ2n) is 7.57. The van der Waals surface area contributed by atoms with E-state index in [2.05, 4.69) is 15.0 Å². The van der Waals surface area contributed by atoms with Crippen LogP contribution in [0.3, 0.4) is 0 Å². The van der Waals surface area contributed by atoms with Crippen LogP contribution in [0.15, 0.2) is 76.6 Å². The van der Waals surface area contributed by atoms with Gasteiger partial charge in [-0.3, -0.25) is 9.52 Å². The van der Waals surface area contributed by atoms with Gasteiger partial charge in [0.05, 0.1) is 11.3 Å². The monoisotopic (exact) mass is 549 g/mol. The molecule has 0 aliphatic carbocycles. The molecule has 0 heterocycles. The summed E-state index contributed by atoms with van der Waals surface area (Å²) in [7, 11) is -4.06. The van der Waals surface area contributed by atoms with Crippen molar-refractivity contribution in [1.29, 1.82) is 0 Å². The second kappa shape index (κ2) is 11.3. The molecule has 2 amide bonds. The van der Waals surface area contributed by atoms with Gasteiger partial charge in [-0.25, -0.2) is 13.2 Å². The van der Waals surface area contributed by atoms with Gasteiger partial charge in [0.2, 0.25) is 5.96 Å². The number of nitrogens with zero attached hydrogens (tertiary/aromatic N) is 1. The quantitative estimate of drug-likeness (QED) is 0.206. The van der Waals surface area contributed by atoms with Gasteiger partial charge in [-0.05, 0) is 59.7 Å². The Balaban J connectivity index is 1.91. The predicted molar refractivity (Wildman–Crippen MR) is 139 cm³/mol. The highest BCUT2D eigenvalue weighted by molar-refractivity contribution is 7.92. The number of nitrogens with one attached hydrogen (secondary N) is 2. The average Bonchev–Trinajstić information content (AvgIpc) is 2.76. The van der Waals surface area contributed by atoms with Gasteiger partial charge in [-0.2, -0.15) is 4.99 Å². The van der Waals surface area contributed by atoms with Gasteiger partial charge in [-0.15, -0.1) is 0 Å². The largest absolute Gasteiger partial charge is 0.481 e. The number of hydrogen-bond acceptors (Lipinski definition) is 4. The van der Waals surface area contributed by atoms with Crippen molar-refractivity contribution in [3.05, 3.63) is 87.9 Å². The molecule has 0 aliphatic heterocycles. The molecule has 3 rings (SSSR count). The molecular formula is C23H21Cl2N5O5S. The number of urea groups is 1. The number of sulfonamides is 1. The van der Waals surface area contributed by atoms with Crippen LogP contribution in [0.25, 0.3) is 0 Å². The number of guanidine groups is 1. The van der Waals surface area contributed by atoms with Crippen LogP contribution in [0.1, 0.15) is 23.5 Å². The molecule has 0 saturated carbocycles. The molecule has 0 bridgehead atoms. The van der Waals surface area contributed by atoms with E-state index in [0.717, 1.165) is 0 Å². The van der Waals surface area contributed by atoms with E-state index in [1.54, 1.807) is 30.3 Å². The number of carboxylic acids is 1. The zero-order valence-corrected chi connectivity index (χ0v) is 20.8. The zero-order chi connectivity index (χ0) is 26.5. The van der Waals surface area contributed by atoms with E-state index >= 15 is 0 Å². The summed E-state index contributed by atoms with van der Waals surface area (Å²) in [5.74, 6) is -1.99. The van der Waals surface area contributed by atoms with Gasteiger partial charge in [0.15, 0.2) is 0 Å². The Morgan fingerprint density at radius 3 is 2.19 bits per heavy atom. The van der Waals surface area contributed by atoms with Crippen molar-refractivity contribution in [1.82, 2.24) is 0 Å². The van der Waals surface area contributed by atoms with Crippen LogP contribution in [-0.4, -0.2) is 31.5 Å². The summed E-state index contributed by atoms with van der Waals surface area (Å²) in [5.41, 5.74) is 12.1. The molecule has 3 aromatic carbocycles. The number of carboxylic acid groups (broad SMARTS) is 1. The number of nitrogens with two attached hydrogens (primary N) is 2. The molecule has 1 unspecified atom stereocenters. The fourth-order valence-electron chi connectivity index (χ4n) is 3.45. The lowest BCUT2D eigenvalue weighted by molar-refractivity contribution is -0.137. The third-order valence-corrected chi connectivity index (χ3v) is 6.67. The number of carbonyl (C=O) groups excluding carboxylic acids is 1. The molecule has 0 aromatic heterocycles. The van der Waals surface area contributed by atoms with Crippen LogP contribution in [0.5, 0.6) is 0 Å². The molecule has 188 valence electrons. The number of hydrogen-bond donors (Lipinski definition) is 5. The Hall–Kier alpha value is -3.80. The van der Waals surface area contributed by atoms with E-state index < -0.39 is 27.9 Å². The Morgan fingerprint density at radius 2 is 1.56 bits per heavy atom. The third-order valence-electron chi connectivity index (χ3n) is 4.85. The number of primary amides is 1. The fourth-order valence-corrected chi connectivity index (χ4v) is 5.09. The van der Waals surface area contributed by atoms with Crippen LogP contribution < -0.4 is 21.5 Å². The highest BCUT2D eigenvalue weighted by Gasteiger charge is 2.21. The number of benzene rings is 3. The van der Waals surface area contributed by atoms with Crippen LogP contribution in [0, 0.1) is 0 Å². The Bertz CT molecular complexity index is 1430. The molecule has 0 saturated heterocycles. The van der Waals surface area contributed by atoms with Crippen LogP contribution in [0.4, 0.5) is 16.2 Å². The van der Waals surface area contributed by atoms with Crippen molar-refractivity contribution in [2.24, 2.45) is 16.5 Å². The van der Waals surface area contributed by atoms with Crippen molar-refractivity contribution in [2.75, 3.05) is 10.0 Å². The van der Waals surface area contributed by atoms with Crippen LogP contribution in [0.2, 0.25) is 10.0 Å². The summed E-state index contributed by atoms with van der Waals surface area (Å²) < 4.78 is 28.5. The summed E-state index contributed by atoms with van der Waals surface area (Å²) in [6.45, 7) is 0. The minimum atomic E-state index is -4.06. The average molecular weight is 550 g/mol. The number of anilines is 2. The summed E-state index contributed by atoms with van der Waals surface area (Å²) >= 11 is 12.2. The molecule has 1 atom stereocenters. The molecule has 36 heavy (non-hydrogen) atoms. The number of halogens is 2. The molecule has 0 aliphatic rings. The first-order valence-electron chi connectivity index (χ1n) is 10.2. The minimum Gasteiger partial charge on any atom is -0.481 e. The smallest absolute Gasteiger partial charge is 0.341 e. The predicted octanol–water partition coefficient (Wildman–Crippen LogP) is 4.21. The first-order chi connectivity index (χ1) is 16.9. The molecule has 0 fully saturated rings. The molecule has 3 aromatic rings. The van der Waals surface area contributed by atoms with Gasteiger partial charge in [0.1, 0.15) is 0 Å². The maximum Gasteiger partial charge on any atom is 0.341 e. The van der Waals surface area contributed by atoms with Gasteiger partial charge >= 0.3 is 12.0 Å². The maximum atomic E-state index is 13.0. The third kappa shape index (κ3) is 7.35. The van der Waals surface area contributed by atoms with Crippen molar-refractivity contribution in [3.63, 3.8) is 0 Å². The van der Waals surface area contributed by atoms with Crippen molar-refractivity contribution < 1.29 is 23.1 Å². The SMILES string of the molecule is NC(=O)/N=C(/N)Nc1cccc(S(=O)(=O)Nc2cccc(C(CC(=O)O)c3cc(Cl)cc(Cl)c3)c2)c1. The van der Waals surface area contributed by atoms with Gasteiger partial charge in [0, 0.05) is 27.3 Å². The summed E-state index contributed by atoms with van der Waals surface area (Å²) in [5, 5.41) is 12.7. The highest BCUT2D eigenvalue weighted by atomic mass is 35.5. The van der Waals surface area contributed by atoms with E-state index in [1.807, 2.05) is 0 Å². The minimum absolute atomic E-state index is 0.103. The summed E-state index contributed by atoms with van der Waals surface area (Å²) in [4.78, 5) is 25.6. The van der Waals surface area contributed by atoms with Crippen molar-refractivity contribution in [2.45, 2.75) is 17.2 Å². The summed E-state index contributed by atoms with van der Waals surface area (Å²) in [6, 6.07) is 15.8. The van der Waals surface area contributed by atoms with E-state index in [-0.39, 0.29) is 28.7 Å². The number of aliphatic imine (C=N–C) groups is 1. The molecule has 10 nitrogen and oxygen atoms in total. The first-order valence-corrected chi connectivity index (χ1v) is 12.5. The van der Waals surface area contributed by atoms with Crippen LogP contribution >= 0.6 is 23.2 Å². The molecule has 0 spiro atoms. The van der Waals surface area contributed by atoms with Gasteiger partial charge in [-0.1, -0.05) is 41.4 Å². The van der Waals surface area contributed by atoms with Crippen molar-refractivity contribution >= 4 is 62.6 Å². The number of aliphatic carboxylic acids is 1. The van der Waals surface area contributed by atoms with E-state index in [4.69, 9.17) is 34.7 Å². The molecule has 7 N–H and O–H groups in total. The summed E-state index contributed by atoms with van der Waals surface area (Å²) in [6.07, 6.45) is -0.269. The number of carbonyl (C=O) groups is 2. The fraction of sp³-hybridized carbons (Fsp3) is 0.0870. The van der Waals surface area contributed by atoms with E-state index in [0.29, 0.717) is 21.2 Å². The topological polar surface area (TPSA) is 177 Å². The number of amides is 2. The Kier molecular flexibility index (Phi) is 8.41. The van der Waals surface area contributed by atoms with E-state index in [1.165, 1.54) is 36.4 Å².